The van der Waals surface area contributed by atoms with Gasteiger partial charge in [-0.25, -0.2) is 16.8 Å². The van der Waals surface area contributed by atoms with Crippen LogP contribution in [0.2, 0.25) is 0 Å². The van der Waals surface area contributed by atoms with Gasteiger partial charge in [0.05, 0.1) is 11.2 Å². The van der Waals surface area contributed by atoms with Gasteiger partial charge in [-0.2, -0.15) is 0 Å². The molecule has 0 amide bonds. The van der Waals surface area contributed by atoms with Crippen molar-refractivity contribution < 1.29 is 40.2 Å². The molecule has 0 heterocycles. The van der Waals surface area contributed by atoms with Gasteiger partial charge < -0.3 is 4.55 Å². The molecule has 0 atom stereocenters. The van der Waals surface area contributed by atoms with Crippen LogP contribution in [-0.2, 0) is 20.1 Å². The number of benzene rings is 1. The molecule has 0 aliphatic rings. The van der Waals surface area contributed by atoms with Gasteiger partial charge in [0.2, 0.25) is 10.0 Å². The van der Waals surface area contributed by atoms with E-state index in [4.69, 9.17) is 0 Å². The summed E-state index contributed by atoms with van der Waals surface area (Å²) in [4.78, 5) is -0.476. The third kappa shape index (κ3) is 5.00. The van der Waals surface area contributed by atoms with Gasteiger partial charge in [0, 0.05) is 5.69 Å². The Labute approximate surface area is 106 Å². The van der Waals surface area contributed by atoms with Crippen LogP contribution in [0.25, 0.3) is 0 Å². The summed E-state index contributed by atoms with van der Waals surface area (Å²) in [6.07, 6.45) is 0.922. The molecule has 9 heteroatoms. The summed E-state index contributed by atoms with van der Waals surface area (Å²) in [6.45, 7) is 0. The molecule has 1 aromatic rings. The van der Waals surface area contributed by atoms with Crippen LogP contribution in [0.15, 0.2) is 29.2 Å². The van der Waals surface area contributed by atoms with Gasteiger partial charge in [-0.1, -0.05) is 6.07 Å². The summed E-state index contributed by atoms with van der Waals surface area (Å²) in [5.74, 6) is 0. The van der Waals surface area contributed by atoms with Crippen LogP contribution in [0.3, 0.4) is 0 Å². The first-order valence-electron chi connectivity index (χ1n) is 3.72. The van der Waals surface area contributed by atoms with Crippen molar-refractivity contribution in [1.82, 2.24) is 0 Å². The Bertz CT molecular complexity index is 566. The van der Waals surface area contributed by atoms with Gasteiger partial charge >= 0.3 is 18.9 Å². The Morgan fingerprint density at radius 2 is 1.75 bits per heavy atom. The third-order valence-electron chi connectivity index (χ3n) is 1.43. The van der Waals surface area contributed by atoms with E-state index in [1.165, 1.54) is 12.1 Å². The van der Waals surface area contributed by atoms with Crippen molar-refractivity contribution in [2.24, 2.45) is 0 Å². The number of anilines is 1. The molecule has 1 rings (SSSR count). The van der Waals surface area contributed by atoms with E-state index >= 15 is 0 Å². The van der Waals surface area contributed by atoms with Crippen molar-refractivity contribution in [3.05, 3.63) is 24.3 Å². The van der Waals surface area contributed by atoms with E-state index in [1.807, 2.05) is 0 Å². The van der Waals surface area contributed by atoms with Crippen LogP contribution in [0.1, 0.15) is 0 Å². The Morgan fingerprint density at radius 3 is 2.19 bits per heavy atom. The summed E-state index contributed by atoms with van der Waals surface area (Å²) in [7, 11) is -8.05. The molecule has 6 nitrogen and oxygen atoms in total. The zero-order valence-electron chi connectivity index (χ0n) is 8.67. The van der Waals surface area contributed by atoms with Crippen molar-refractivity contribution >= 4 is 25.8 Å². The summed E-state index contributed by atoms with van der Waals surface area (Å²) in [5, 5.41) is 0. The number of hydrogen-bond donors (Lipinski definition) is 1. The predicted molar refractivity (Wildman–Crippen MR) is 52.9 cm³/mol. The van der Waals surface area contributed by atoms with Crippen LogP contribution < -0.4 is 23.6 Å². The van der Waals surface area contributed by atoms with E-state index in [1.54, 1.807) is 0 Å². The molecule has 0 aliphatic heterocycles. The van der Waals surface area contributed by atoms with Crippen LogP contribution in [-0.4, -0.2) is 27.6 Å². The average molecular weight is 257 g/mol. The molecule has 1 aromatic carbocycles. The van der Waals surface area contributed by atoms with Gasteiger partial charge in [-0.05, 0) is 18.2 Å². The number of rotatable bonds is 3. The first kappa shape index (κ1) is 15.5. The average Bonchev–Trinajstić information content (AvgIpc) is 1.99. The van der Waals surface area contributed by atoms with E-state index in [0.717, 1.165) is 18.4 Å². The maximum absolute atomic E-state index is 10.8. The molecule has 84 valence electrons. The topological polar surface area (TPSA) is 103 Å². The van der Waals surface area contributed by atoms with Crippen molar-refractivity contribution in [3.8, 4) is 0 Å². The maximum Gasteiger partial charge on any atom is 1.00 e. The zero-order chi connectivity index (χ0) is 11.7. The zero-order valence-corrected chi connectivity index (χ0v) is 10.3. The third-order valence-corrected chi connectivity index (χ3v) is 2.86. The van der Waals surface area contributed by atoms with Gasteiger partial charge in [-0.15, -0.1) is 0 Å². The van der Waals surface area contributed by atoms with E-state index in [2.05, 4.69) is 4.72 Å². The molecule has 0 bridgehead atoms. The molecular weight excluding hydrogens is 249 g/mol. The number of sulfonamides is 1. The number of hydrogen-bond acceptors (Lipinski definition) is 5. The van der Waals surface area contributed by atoms with Crippen LogP contribution in [0.5, 0.6) is 0 Å². The van der Waals surface area contributed by atoms with Crippen molar-refractivity contribution in [2.45, 2.75) is 4.90 Å². The minimum absolute atomic E-state index is 0. The second kappa shape index (κ2) is 5.20. The van der Waals surface area contributed by atoms with Gasteiger partial charge in [0.1, 0.15) is 10.1 Å². The monoisotopic (exact) mass is 257 g/mol. The molecule has 0 fully saturated rings. The van der Waals surface area contributed by atoms with E-state index in [9.17, 15) is 21.4 Å². The Hall–Kier alpha value is -0.523. The fourth-order valence-electron chi connectivity index (χ4n) is 0.929. The molecule has 0 radical (unpaired) electrons. The first-order chi connectivity index (χ1) is 6.68. The van der Waals surface area contributed by atoms with Crippen molar-refractivity contribution in [1.29, 1.82) is 0 Å². The summed E-state index contributed by atoms with van der Waals surface area (Å²) >= 11 is 0. The van der Waals surface area contributed by atoms with Gasteiger partial charge in [-0.3, -0.25) is 4.72 Å². The van der Waals surface area contributed by atoms with Crippen LogP contribution >= 0.6 is 0 Å². The first-order valence-corrected chi connectivity index (χ1v) is 7.02. The van der Waals surface area contributed by atoms with Gasteiger partial charge in [0.25, 0.3) is 0 Å². The maximum atomic E-state index is 10.8. The predicted octanol–water partition coefficient (Wildman–Crippen LogP) is -3.03. The summed E-state index contributed by atoms with van der Waals surface area (Å²) in [5.41, 5.74) is 0.0365. The standard InChI is InChI=1S/C7H9NO5S2.Li/c1-14(9,10)8-6-3-2-4-7(5-6)15(11,12)13;/h2-5,8H,1H3,(H,11,12,13);/q;+1/p-1. The molecule has 0 saturated carbocycles. The minimum Gasteiger partial charge on any atom is -0.744 e. The molecule has 0 saturated heterocycles. The molecule has 1 N–H and O–H groups in total. The van der Waals surface area contributed by atoms with Gasteiger partial charge in [0.15, 0.2) is 0 Å². The van der Waals surface area contributed by atoms with Crippen LogP contribution in [0.4, 0.5) is 5.69 Å². The Kier molecular flexibility index (Phi) is 5.03. The van der Waals surface area contributed by atoms with Crippen LogP contribution in [0, 0.1) is 0 Å². The summed E-state index contributed by atoms with van der Waals surface area (Å²) < 4.78 is 55.6. The molecule has 0 spiro atoms. The second-order valence-corrected chi connectivity index (χ2v) is 5.98. The molecule has 0 aromatic heterocycles. The minimum atomic E-state index is -4.57. The number of nitrogens with one attached hydrogen (secondary N) is 1. The van der Waals surface area contributed by atoms with E-state index in [-0.39, 0.29) is 24.5 Å². The fourth-order valence-corrected chi connectivity index (χ4v) is 2.00. The fraction of sp³-hybridized carbons (Fsp3) is 0.143. The molecule has 16 heavy (non-hydrogen) atoms. The van der Waals surface area contributed by atoms with E-state index < -0.39 is 25.0 Å². The quantitative estimate of drug-likeness (QED) is 0.458. The molecule has 0 aliphatic carbocycles. The Morgan fingerprint density at radius 1 is 1.19 bits per heavy atom. The molecular formula is C7H8LiNO5S2. The Balaban J connectivity index is 0.00000225. The van der Waals surface area contributed by atoms with Crippen molar-refractivity contribution in [3.63, 3.8) is 0 Å². The smallest absolute Gasteiger partial charge is 0.744 e. The normalized spacial score (nSPS) is 11.6. The van der Waals surface area contributed by atoms with E-state index in [0.29, 0.717) is 0 Å². The molecule has 0 unspecified atom stereocenters. The summed E-state index contributed by atoms with van der Waals surface area (Å²) in [6, 6.07) is 4.67. The SMILES string of the molecule is CS(=O)(=O)Nc1cccc(S(=O)(=O)[O-])c1.[Li+]. The largest absolute Gasteiger partial charge is 1.00 e. The second-order valence-electron chi connectivity index (χ2n) is 2.86. The van der Waals surface area contributed by atoms with Crippen molar-refractivity contribution in [2.75, 3.05) is 11.0 Å².